The predicted octanol–water partition coefficient (Wildman–Crippen LogP) is 4.47. The summed E-state index contributed by atoms with van der Waals surface area (Å²) in [5.74, 6) is -0.658. The standard InChI is InChI=1S/C20H23FN2O4/c1-14(22-19-8-7-16(23(24)25)13-18(19)21)20(15-5-3-2-4-6-15)27-17-9-11-26-12-10-17/h2-8,13-14,17,20,22H,9-12H2,1H3. The molecule has 1 fully saturated rings. The fourth-order valence-corrected chi connectivity index (χ4v) is 3.20. The zero-order chi connectivity index (χ0) is 19.2. The topological polar surface area (TPSA) is 73.6 Å². The number of nitrogens with one attached hydrogen (secondary N) is 1. The molecule has 0 saturated carbocycles. The minimum absolute atomic E-state index is 0.0786. The van der Waals surface area contributed by atoms with Gasteiger partial charge in [-0.2, -0.15) is 0 Å². The van der Waals surface area contributed by atoms with E-state index in [2.05, 4.69) is 5.32 Å². The molecule has 2 atom stereocenters. The highest BCUT2D eigenvalue weighted by Crippen LogP contribution is 2.29. The number of hydrogen-bond donors (Lipinski definition) is 1. The van der Waals surface area contributed by atoms with Crippen LogP contribution in [0.5, 0.6) is 0 Å². The lowest BCUT2D eigenvalue weighted by molar-refractivity contribution is -0.385. The molecule has 1 aliphatic rings. The number of rotatable bonds is 7. The third-order valence-corrected chi connectivity index (χ3v) is 4.64. The number of non-ortho nitro benzene ring substituents is 1. The molecule has 27 heavy (non-hydrogen) atoms. The summed E-state index contributed by atoms with van der Waals surface area (Å²) in [6, 6.07) is 13.1. The first-order valence-electron chi connectivity index (χ1n) is 9.03. The first-order valence-corrected chi connectivity index (χ1v) is 9.03. The van der Waals surface area contributed by atoms with E-state index < -0.39 is 10.7 Å². The Morgan fingerprint density at radius 1 is 1.22 bits per heavy atom. The van der Waals surface area contributed by atoms with Crippen LogP contribution in [0.4, 0.5) is 15.8 Å². The van der Waals surface area contributed by atoms with Crippen LogP contribution in [0.2, 0.25) is 0 Å². The summed E-state index contributed by atoms with van der Waals surface area (Å²) < 4.78 is 26.0. The molecule has 1 aliphatic heterocycles. The second-order valence-electron chi connectivity index (χ2n) is 6.63. The van der Waals surface area contributed by atoms with Crippen LogP contribution in [0, 0.1) is 15.9 Å². The molecular formula is C20H23FN2O4. The van der Waals surface area contributed by atoms with Gasteiger partial charge in [-0.3, -0.25) is 10.1 Å². The van der Waals surface area contributed by atoms with Crippen molar-refractivity contribution in [1.82, 2.24) is 0 Å². The van der Waals surface area contributed by atoms with E-state index in [-0.39, 0.29) is 29.6 Å². The average Bonchev–Trinajstić information content (AvgIpc) is 2.69. The number of hydrogen-bond acceptors (Lipinski definition) is 5. The SMILES string of the molecule is CC(Nc1ccc([N+](=O)[O-])cc1F)C(OC1CCOCC1)c1ccccc1. The van der Waals surface area contributed by atoms with Crippen LogP contribution in [0.3, 0.4) is 0 Å². The fourth-order valence-electron chi connectivity index (χ4n) is 3.20. The van der Waals surface area contributed by atoms with Gasteiger partial charge in [0, 0.05) is 19.3 Å². The molecule has 1 heterocycles. The van der Waals surface area contributed by atoms with Gasteiger partial charge in [-0.15, -0.1) is 0 Å². The smallest absolute Gasteiger partial charge is 0.272 e. The maximum atomic E-state index is 14.3. The second-order valence-corrected chi connectivity index (χ2v) is 6.63. The van der Waals surface area contributed by atoms with Crippen molar-refractivity contribution in [3.63, 3.8) is 0 Å². The number of anilines is 1. The van der Waals surface area contributed by atoms with Gasteiger partial charge in [-0.05, 0) is 31.4 Å². The number of nitro groups is 1. The Morgan fingerprint density at radius 2 is 1.93 bits per heavy atom. The van der Waals surface area contributed by atoms with Crippen molar-refractivity contribution in [2.24, 2.45) is 0 Å². The van der Waals surface area contributed by atoms with Gasteiger partial charge in [-0.1, -0.05) is 30.3 Å². The minimum Gasteiger partial charge on any atom is -0.381 e. The fraction of sp³-hybridized carbons (Fsp3) is 0.400. The van der Waals surface area contributed by atoms with E-state index in [9.17, 15) is 14.5 Å². The zero-order valence-electron chi connectivity index (χ0n) is 15.1. The Labute approximate surface area is 157 Å². The normalized spacial score (nSPS) is 17.3. The third kappa shape index (κ3) is 5.02. The zero-order valence-corrected chi connectivity index (χ0v) is 15.1. The van der Waals surface area contributed by atoms with E-state index in [1.165, 1.54) is 12.1 Å². The van der Waals surface area contributed by atoms with Gasteiger partial charge in [0.05, 0.1) is 28.8 Å². The monoisotopic (exact) mass is 374 g/mol. The van der Waals surface area contributed by atoms with Gasteiger partial charge >= 0.3 is 0 Å². The summed E-state index contributed by atoms with van der Waals surface area (Å²) in [4.78, 5) is 10.2. The minimum atomic E-state index is -0.658. The van der Waals surface area contributed by atoms with Gasteiger partial charge in [0.25, 0.3) is 5.69 Å². The lowest BCUT2D eigenvalue weighted by Gasteiger charge is -2.32. The average molecular weight is 374 g/mol. The molecule has 144 valence electrons. The number of nitrogens with zero attached hydrogens (tertiary/aromatic N) is 1. The molecule has 0 spiro atoms. The van der Waals surface area contributed by atoms with Crippen molar-refractivity contribution in [3.05, 3.63) is 70.0 Å². The van der Waals surface area contributed by atoms with Crippen LogP contribution in [0.1, 0.15) is 31.4 Å². The van der Waals surface area contributed by atoms with E-state index in [0.29, 0.717) is 13.2 Å². The first kappa shape index (κ1) is 19.3. The Kier molecular flexibility index (Phi) is 6.36. The number of nitro benzene ring substituents is 1. The van der Waals surface area contributed by atoms with Gasteiger partial charge in [0.2, 0.25) is 0 Å². The van der Waals surface area contributed by atoms with Crippen LogP contribution in [-0.2, 0) is 9.47 Å². The summed E-state index contributed by atoms with van der Waals surface area (Å²) in [7, 11) is 0. The van der Waals surface area contributed by atoms with Crippen molar-refractivity contribution in [2.45, 2.75) is 38.0 Å². The van der Waals surface area contributed by atoms with Gasteiger partial charge < -0.3 is 14.8 Å². The Morgan fingerprint density at radius 3 is 2.56 bits per heavy atom. The second kappa shape index (κ2) is 8.92. The van der Waals surface area contributed by atoms with E-state index in [0.717, 1.165) is 24.5 Å². The van der Waals surface area contributed by atoms with E-state index in [4.69, 9.17) is 9.47 Å². The van der Waals surface area contributed by atoms with Crippen molar-refractivity contribution < 1.29 is 18.8 Å². The third-order valence-electron chi connectivity index (χ3n) is 4.64. The molecule has 0 radical (unpaired) electrons. The van der Waals surface area contributed by atoms with E-state index in [1.54, 1.807) is 0 Å². The van der Waals surface area contributed by atoms with E-state index in [1.807, 2.05) is 37.3 Å². The maximum absolute atomic E-state index is 14.3. The Hall–Kier alpha value is -2.51. The largest absolute Gasteiger partial charge is 0.381 e. The molecular weight excluding hydrogens is 351 g/mol. The molecule has 0 aliphatic carbocycles. The predicted molar refractivity (Wildman–Crippen MR) is 100 cm³/mol. The van der Waals surface area contributed by atoms with Gasteiger partial charge in [0.1, 0.15) is 6.10 Å². The Bertz CT molecular complexity index is 766. The van der Waals surface area contributed by atoms with Crippen LogP contribution in [0.25, 0.3) is 0 Å². The quantitative estimate of drug-likeness (QED) is 0.572. The molecule has 0 bridgehead atoms. The molecule has 6 nitrogen and oxygen atoms in total. The van der Waals surface area contributed by atoms with Crippen molar-refractivity contribution in [1.29, 1.82) is 0 Å². The summed E-state index contributed by atoms with van der Waals surface area (Å²) >= 11 is 0. The first-order chi connectivity index (χ1) is 13.0. The van der Waals surface area contributed by atoms with Crippen LogP contribution >= 0.6 is 0 Å². The van der Waals surface area contributed by atoms with E-state index >= 15 is 0 Å². The maximum Gasteiger partial charge on any atom is 0.272 e. The summed E-state index contributed by atoms with van der Waals surface area (Å²) in [5, 5.41) is 13.9. The highest BCUT2D eigenvalue weighted by molar-refractivity contribution is 5.51. The molecule has 3 rings (SSSR count). The molecule has 1 N–H and O–H groups in total. The number of ether oxygens (including phenoxy) is 2. The molecule has 2 aromatic carbocycles. The molecule has 2 aromatic rings. The summed E-state index contributed by atoms with van der Waals surface area (Å²) in [6.45, 7) is 3.26. The summed E-state index contributed by atoms with van der Waals surface area (Å²) in [5.41, 5.74) is 0.930. The molecule has 7 heteroatoms. The van der Waals surface area contributed by atoms with Gasteiger partial charge in [0.15, 0.2) is 5.82 Å². The van der Waals surface area contributed by atoms with Crippen LogP contribution in [-0.4, -0.2) is 30.3 Å². The molecule has 1 saturated heterocycles. The van der Waals surface area contributed by atoms with Crippen molar-refractivity contribution in [3.8, 4) is 0 Å². The van der Waals surface area contributed by atoms with Gasteiger partial charge in [-0.25, -0.2) is 4.39 Å². The molecule has 2 unspecified atom stereocenters. The van der Waals surface area contributed by atoms with Crippen LogP contribution in [0.15, 0.2) is 48.5 Å². The molecule has 0 aromatic heterocycles. The lowest BCUT2D eigenvalue weighted by Crippen LogP contribution is -2.32. The van der Waals surface area contributed by atoms with Crippen molar-refractivity contribution in [2.75, 3.05) is 18.5 Å². The van der Waals surface area contributed by atoms with Crippen LogP contribution < -0.4 is 5.32 Å². The highest BCUT2D eigenvalue weighted by Gasteiger charge is 2.26. The van der Waals surface area contributed by atoms with Crippen molar-refractivity contribution >= 4 is 11.4 Å². The number of benzene rings is 2. The highest BCUT2D eigenvalue weighted by atomic mass is 19.1. The lowest BCUT2D eigenvalue weighted by atomic mass is 10.0. The molecule has 0 amide bonds. The number of halogens is 1. The summed E-state index contributed by atoms with van der Waals surface area (Å²) in [6.07, 6.45) is 1.43. The Balaban J connectivity index is 1.78.